The third-order valence-corrected chi connectivity index (χ3v) is 2.65. The van der Waals surface area contributed by atoms with Crippen molar-refractivity contribution in [1.29, 1.82) is 0 Å². The van der Waals surface area contributed by atoms with Crippen LogP contribution in [0, 0.1) is 0 Å². The lowest BCUT2D eigenvalue weighted by Crippen LogP contribution is -2.48. The molecule has 6 heteroatoms. The number of nitrogens with zero attached hydrogens (tertiary/aromatic N) is 1. The Morgan fingerprint density at radius 2 is 1.90 bits per heavy atom. The molecular formula is C15H23N3O3. The predicted octanol–water partition coefficient (Wildman–Crippen LogP) is 0.377. The first kappa shape index (κ1) is 17.0. The average molecular weight is 293 g/mol. The molecule has 0 saturated heterocycles. The van der Waals surface area contributed by atoms with Gasteiger partial charge in [0, 0.05) is 19.1 Å². The van der Waals surface area contributed by atoms with Crippen LogP contribution in [0.2, 0.25) is 0 Å². The van der Waals surface area contributed by atoms with E-state index in [-0.39, 0.29) is 25.0 Å². The van der Waals surface area contributed by atoms with Gasteiger partial charge in [-0.05, 0) is 26.0 Å². The summed E-state index contributed by atoms with van der Waals surface area (Å²) in [7, 11) is 1.56. The van der Waals surface area contributed by atoms with Gasteiger partial charge in [0.2, 0.25) is 5.91 Å². The van der Waals surface area contributed by atoms with Crippen molar-refractivity contribution < 1.29 is 14.3 Å². The molecule has 3 N–H and O–H groups in total. The lowest BCUT2D eigenvalue weighted by atomic mass is 10.1. The topological polar surface area (TPSA) is 84.7 Å². The minimum Gasteiger partial charge on any atom is -0.484 e. The summed E-state index contributed by atoms with van der Waals surface area (Å²) in [6, 6.07) is 9.05. The number of hydrogen-bond acceptors (Lipinski definition) is 4. The monoisotopic (exact) mass is 293 g/mol. The van der Waals surface area contributed by atoms with Crippen molar-refractivity contribution in [3.63, 3.8) is 0 Å². The molecule has 0 unspecified atom stereocenters. The van der Waals surface area contributed by atoms with Gasteiger partial charge in [0.15, 0.2) is 6.61 Å². The van der Waals surface area contributed by atoms with E-state index in [1.807, 2.05) is 32.0 Å². The van der Waals surface area contributed by atoms with E-state index < -0.39 is 5.54 Å². The molecule has 0 aliphatic heterocycles. The number of amides is 2. The Bertz CT molecular complexity index is 469. The van der Waals surface area contributed by atoms with E-state index in [4.69, 9.17) is 10.5 Å². The number of nitrogens with one attached hydrogen (secondary N) is 1. The molecule has 0 aromatic heterocycles. The second-order valence-electron chi connectivity index (χ2n) is 5.62. The molecule has 0 aliphatic carbocycles. The number of benzene rings is 1. The van der Waals surface area contributed by atoms with Gasteiger partial charge >= 0.3 is 0 Å². The molecule has 0 bridgehead atoms. The first-order chi connectivity index (χ1) is 9.78. The number of rotatable bonds is 7. The van der Waals surface area contributed by atoms with Crippen molar-refractivity contribution in [2.75, 3.05) is 26.7 Å². The lowest BCUT2D eigenvalue weighted by Gasteiger charge is -2.21. The van der Waals surface area contributed by atoms with E-state index in [2.05, 4.69) is 5.32 Å². The molecule has 1 rings (SSSR count). The van der Waals surface area contributed by atoms with Crippen LogP contribution in [0.25, 0.3) is 0 Å². The molecule has 0 atom stereocenters. The predicted molar refractivity (Wildman–Crippen MR) is 80.9 cm³/mol. The second kappa shape index (κ2) is 7.64. The lowest BCUT2D eigenvalue weighted by molar-refractivity contribution is -0.136. The first-order valence-electron chi connectivity index (χ1n) is 6.75. The van der Waals surface area contributed by atoms with Gasteiger partial charge in [0.25, 0.3) is 5.91 Å². The fraction of sp³-hybridized carbons (Fsp3) is 0.467. The van der Waals surface area contributed by atoms with Gasteiger partial charge in [-0.15, -0.1) is 0 Å². The zero-order chi connectivity index (χ0) is 15.9. The van der Waals surface area contributed by atoms with Crippen LogP contribution < -0.4 is 15.8 Å². The highest BCUT2D eigenvalue weighted by molar-refractivity contribution is 5.85. The fourth-order valence-corrected chi connectivity index (χ4v) is 1.46. The van der Waals surface area contributed by atoms with Gasteiger partial charge in [0.1, 0.15) is 5.75 Å². The van der Waals surface area contributed by atoms with Crippen molar-refractivity contribution in [3.05, 3.63) is 30.3 Å². The van der Waals surface area contributed by atoms with E-state index in [0.29, 0.717) is 12.3 Å². The number of carbonyl (C=O) groups is 2. The summed E-state index contributed by atoms with van der Waals surface area (Å²) >= 11 is 0. The summed E-state index contributed by atoms with van der Waals surface area (Å²) < 4.78 is 5.34. The molecule has 21 heavy (non-hydrogen) atoms. The Balaban J connectivity index is 2.32. The molecule has 1 aromatic rings. The highest BCUT2D eigenvalue weighted by atomic mass is 16.5. The summed E-state index contributed by atoms with van der Waals surface area (Å²) in [5.41, 5.74) is 5.29. The summed E-state index contributed by atoms with van der Waals surface area (Å²) in [5.74, 6) is 0.110. The maximum atomic E-state index is 11.8. The Morgan fingerprint density at radius 3 is 2.48 bits per heavy atom. The first-order valence-corrected chi connectivity index (χ1v) is 6.75. The maximum Gasteiger partial charge on any atom is 0.260 e. The van der Waals surface area contributed by atoms with Crippen LogP contribution in [-0.2, 0) is 9.59 Å². The molecule has 0 spiro atoms. The van der Waals surface area contributed by atoms with Gasteiger partial charge in [-0.3, -0.25) is 9.59 Å². The maximum absolute atomic E-state index is 11.8. The fourth-order valence-electron chi connectivity index (χ4n) is 1.46. The standard InChI is InChI=1S/C15H23N3O3/c1-15(2,16)11-17-13(19)9-18(3)14(20)10-21-12-7-5-4-6-8-12/h4-8H,9-11,16H2,1-3H3,(H,17,19). The van der Waals surface area contributed by atoms with Gasteiger partial charge < -0.3 is 20.7 Å². The molecule has 0 aliphatic rings. The normalized spacial score (nSPS) is 10.9. The molecule has 0 radical (unpaired) electrons. The average Bonchev–Trinajstić information content (AvgIpc) is 2.43. The van der Waals surface area contributed by atoms with E-state index >= 15 is 0 Å². The van der Waals surface area contributed by atoms with Crippen LogP contribution >= 0.6 is 0 Å². The third-order valence-electron chi connectivity index (χ3n) is 2.65. The Morgan fingerprint density at radius 1 is 1.29 bits per heavy atom. The zero-order valence-corrected chi connectivity index (χ0v) is 12.8. The highest BCUT2D eigenvalue weighted by Gasteiger charge is 2.16. The summed E-state index contributed by atoms with van der Waals surface area (Å²) in [4.78, 5) is 24.8. The molecule has 0 fully saturated rings. The van der Waals surface area contributed by atoms with Crippen LogP contribution in [-0.4, -0.2) is 49.0 Å². The summed E-state index contributed by atoms with van der Waals surface area (Å²) in [6.07, 6.45) is 0. The SMILES string of the molecule is CN(CC(=O)NCC(C)(C)N)C(=O)COc1ccccc1. The summed E-state index contributed by atoms with van der Waals surface area (Å²) in [5, 5.41) is 2.68. The van der Waals surface area contributed by atoms with Gasteiger partial charge in [0.05, 0.1) is 6.54 Å². The van der Waals surface area contributed by atoms with Crippen LogP contribution in [0.15, 0.2) is 30.3 Å². The summed E-state index contributed by atoms with van der Waals surface area (Å²) in [6.45, 7) is 3.86. The van der Waals surface area contributed by atoms with E-state index in [1.165, 1.54) is 4.90 Å². The number of likely N-dealkylation sites (N-methyl/N-ethyl adjacent to an activating group) is 1. The number of para-hydroxylation sites is 1. The van der Waals surface area contributed by atoms with Crippen LogP contribution in [0.3, 0.4) is 0 Å². The second-order valence-corrected chi connectivity index (χ2v) is 5.62. The number of ether oxygens (including phenoxy) is 1. The molecule has 6 nitrogen and oxygen atoms in total. The molecular weight excluding hydrogens is 270 g/mol. The number of nitrogens with two attached hydrogens (primary N) is 1. The van der Waals surface area contributed by atoms with E-state index in [1.54, 1.807) is 19.2 Å². The van der Waals surface area contributed by atoms with Crippen molar-refractivity contribution in [2.24, 2.45) is 5.73 Å². The molecule has 1 aromatic carbocycles. The molecule has 116 valence electrons. The van der Waals surface area contributed by atoms with Gasteiger partial charge in [-0.25, -0.2) is 0 Å². The minimum absolute atomic E-state index is 0.0208. The minimum atomic E-state index is -0.478. The van der Waals surface area contributed by atoms with Crippen molar-refractivity contribution >= 4 is 11.8 Å². The third kappa shape index (κ3) is 7.31. The van der Waals surface area contributed by atoms with E-state index in [9.17, 15) is 9.59 Å². The van der Waals surface area contributed by atoms with Crippen molar-refractivity contribution in [1.82, 2.24) is 10.2 Å². The quantitative estimate of drug-likeness (QED) is 0.761. The smallest absolute Gasteiger partial charge is 0.260 e. The Kier molecular flexibility index (Phi) is 6.17. The Labute approximate surface area is 125 Å². The van der Waals surface area contributed by atoms with Gasteiger partial charge in [-0.2, -0.15) is 0 Å². The molecule has 0 heterocycles. The van der Waals surface area contributed by atoms with Crippen LogP contribution in [0.4, 0.5) is 0 Å². The highest BCUT2D eigenvalue weighted by Crippen LogP contribution is 2.08. The van der Waals surface area contributed by atoms with E-state index in [0.717, 1.165) is 0 Å². The largest absolute Gasteiger partial charge is 0.484 e. The van der Waals surface area contributed by atoms with Crippen LogP contribution in [0.5, 0.6) is 5.75 Å². The Hall–Kier alpha value is -2.08. The van der Waals surface area contributed by atoms with Crippen molar-refractivity contribution in [2.45, 2.75) is 19.4 Å². The van der Waals surface area contributed by atoms with Crippen LogP contribution in [0.1, 0.15) is 13.8 Å². The number of carbonyl (C=O) groups excluding carboxylic acids is 2. The van der Waals surface area contributed by atoms with Gasteiger partial charge in [-0.1, -0.05) is 18.2 Å². The molecule has 0 saturated carbocycles. The van der Waals surface area contributed by atoms with Crippen molar-refractivity contribution in [3.8, 4) is 5.75 Å². The number of hydrogen-bond donors (Lipinski definition) is 2. The molecule has 2 amide bonds. The zero-order valence-electron chi connectivity index (χ0n) is 12.8.